The van der Waals surface area contributed by atoms with E-state index in [-0.39, 0.29) is 0 Å². The second kappa shape index (κ2) is 5.09. The molecule has 20 heavy (non-hydrogen) atoms. The summed E-state index contributed by atoms with van der Waals surface area (Å²) in [6.45, 7) is 0. The molecule has 0 atom stereocenters. The lowest BCUT2D eigenvalue weighted by Crippen LogP contribution is -1.92. The molecule has 0 fully saturated rings. The third kappa shape index (κ3) is 2.32. The summed E-state index contributed by atoms with van der Waals surface area (Å²) in [6.07, 6.45) is 1.69. The van der Waals surface area contributed by atoms with Crippen molar-refractivity contribution in [2.45, 2.75) is 9.79 Å². The molecule has 0 saturated heterocycles. The summed E-state index contributed by atoms with van der Waals surface area (Å²) in [7, 11) is 0. The molecule has 0 aliphatic rings. The molecule has 2 nitrogen and oxygen atoms in total. The van der Waals surface area contributed by atoms with E-state index in [0.29, 0.717) is 10.6 Å². The average Bonchev–Trinajstić information content (AvgIpc) is 2.45. The van der Waals surface area contributed by atoms with Crippen molar-refractivity contribution < 1.29 is 8.78 Å². The van der Waals surface area contributed by atoms with Crippen LogP contribution in [0.2, 0.25) is 0 Å². The van der Waals surface area contributed by atoms with Gasteiger partial charge in [-0.15, -0.1) is 0 Å². The van der Waals surface area contributed by atoms with Gasteiger partial charge in [0.25, 0.3) is 0 Å². The van der Waals surface area contributed by atoms with E-state index in [1.165, 1.54) is 23.9 Å². The zero-order valence-electron chi connectivity index (χ0n) is 10.3. The van der Waals surface area contributed by atoms with Crippen molar-refractivity contribution in [1.29, 1.82) is 0 Å². The highest BCUT2D eigenvalue weighted by molar-refractivity contribution is 7.99. The van der Waals surface area contributed by atoms with Gasteiger partial charge in [0.05, 0.1) is 11.2 Å². The molecular formula is C15H10F2N2S. The van der Waals surface area contributed by atoms with E-state index in [9.17, 15) is 8.78 Å². The highest BCUT2D eigenvalue weighted by Gasteiger charge is 2.10. The van der Waals surface area contributed by atoms with Crippen LogP contribution < -0.4 is 5.73 Å². The van der Waals surface area contributed by atoms with Gasteiger partial charge in [-0.1, -0.05) is 11.8 Å². The number of benzene rings is 2. The molecule has 5 heteroatoms. The van der Waals surface area contributed by atoms with Gasteiger partial charge in [-0.05, 0) is 36.4 Å². The molecule has 0 bridgehead atoms. The molecule has 2 aromatic carbocycles. The Kier molecular flexibility index (Phi) is 3.28. The Hall–Kier alpha value is -2.14. The number of nitrogens with zero attached hydrogens (tertiary/aromatic N) is 1. The molecule has 1 heterocycles. The third-order valence-electron chi connectivity index (χ3n) is 2.90. The van der Waals surface area contributed by atoms with Crippen molar-refractivity contribution in [1.82, 2.24) is 4.98 Å². The predicted molar refractivity (Wildman–Crippen MR) is 76.6 cm³/mol. The van der Waals surface area contributed by atoms with E-state index in [1.54, 1.807) is 18.3 Å². The van der Waals surface area contributed by atoms with Crippen LogP contribution in [0, 0.1) is 11.6 Å². The zero-order valence-corrected chi connectivity index (χ0v) is 11.1. The zero-order chi connectivity index (χ0) is 14.1. The lowest BCUT2D eigenvalue weighted by atomic mass is 10.2. The third-order valence-corrected chi connectivity index (χ3v) is 4.03. The van der Waals surface area contributed by atoms with Crippen LogP contribution in [0.5, 0.6) is 0 Å². The first kappa shape index (κ1) is 12.9. The molecular weight excluding hydrogens is 278 g/mol. The molecule has 1 aromatic heterocycles. The second-order valence-electron chi connectivity index (χ2n) is 4.22. The van der Waals surface area contributed by atoms with Crippen LogP contribution >= 0.6 is 11.8 Å². The van der Waals surface area contributed by atoms with Crippen LogP contribution in [0.3, 0.4) is 0 Å². The minimum absolute atomic E-state index is 0.335. The maximum absolute atomic E-state index is 13.7. The summed E-state index contributed by atoms with van der Waals surface area (Å²) in [5.41, 5.74) is 7.42. The highest BCUT2D eigenvalue weighted by Crippen LogP contribution is 2.36. The fraction of sp³-hybridized carbons (Fsp3) is 0. The smallest absolute Gasteiger partial charge is 0.140 e. The number of fused-ring (bicyclic) bond motifs is 1. The van der Waals surface area contributed by atoms with Crippen LogP contribution in [0.25, 0.3) is 10.9 Å². The summed E-state index contributed by atoms with van der Waals surface area (Å²) in [6, 6.07) is 10.8. The Morgan fingerprint density at radius 1 is 1.00 bits per heavy atom. The molecule has 0 radical (unpaired) electrons. The average molecular weight is 288 g/mol. The van der Waals surface area contributed by atoms with Gasteiger partial charge in [0, 0.05) is 27.4 Å². The number of rotatable bonds is 2. The van der Waals surface area contributed by atoms with Gasteiger partial charge in [0.2, 0.25) is 0 Å². The fourth-order valence-corrected chi connectivity index (χ4v) is 2.81. The summed E-state index contributed by atoms with van der Waals surface area (Å²) in [5, 5.41) is 0.819. The predicted octanol–water partition coefficient (Wildman–Crippen LogP) is 4.25. The first-order chi connectivity index (χ1) is 9.65. The quantitative estimate of drug-likeness (QED) is 0.717. The second-order valence-corrected chi connectivity index (χ2v) is 5.31. The van der Waals surface area contributed by atoms with Gasteiger partial charge in [-0.3, -0.25) is 4.98 Å². The topological polar surface area (TPSA) is 38.9 Å². The summed E-state index contributed by atoms with van der Waals surface area (Å²) in [5.74, 6) is -1.19. The van der Waals surface area contributed by atoms with E-state index in [4.69, 9.17) is 5.73 Å². The first-order valence-corrected chi connectivity index (χ1v) is 6.73. The van der Waals surface area contributed by atoms with Gasteiger partial charge in [-0.2, -0.15) is 0 Å². The van der Waals surface area contributed by atoms with Crippen molar-refractivity contribution in [2.24, 2.45) is 0 Å². The molecule has 3 rings (SSSR count). The Morgan fingerprint density at radius 3 is 2.60 bits per heavy atom. The van der Waals surface area contributed by atoms with Crippen LogP contribution in [0.15, 0.2) is 58.5 Å². The molecule has 0 spiro atoms. The van der Waals surface area contributed by atoms with Gasteiger partial charge in [0.1, 0.15) is 11.6 Å². The number of anilines is 1. The maximum atomic E-state index is 13.7. The molecule has 100 valence electrons. The van der Waals surface area contributed by atoms with Crippen LogP contribution in [0.1, 0.15) is 0 Å². The molecule has 0 amide bonds. The lowest BCUT2D eigenvalue weighted by Gasteiger charge is -2.09. The molecule has 3 aromatic rings. The van der Waals surface area contributed by atoms with Crippen molar-refractivity contribution in [3.05, 3.63) is 60.3 Å². The molecule has 2 N–H and O–H groups in total. The fourth-order valence-electron chi connectivity index (χ4n) is 1.92. The number of hydrogen-bond acceptors (Lipinski definition) is 3. The van der Waals surface area contributed by atoms with Crippen LogP contribution in [0.4, 0.5) is 14.5 Å². The number of nitrogen functional groups attached to an aromatic ring is 1. The molecule has 0 aliphatic carbocycles. The number of halogens is 2. The van der Waals surface area contributed by atoms with Gasteiger partial charge < -0.3 is 5.73 Å². The normalized spacial score (nSPS) is 10.9. The van der Waals surface area contributed by atoms with Crippen molar-refractivity contribution >= 4 is 28.4 Å². The lowest BCUT2D eigenvalue weighted by molar-refractivity contribution is 0.566. The highest BCUT2D eigenvalue weighted by atomic mass is 32.2. The van der Waals surface area contributed by atoms with Crippen molar-refractivity contribution in [3.63, 3.8) is 0 Å². The van der Waals surface area contributed by atoms with E-state index in [2.05, 4.69) is 4.98 Å². The van der Waals surface area contributed by atoms with Crippen molar-refractivity contribution in [3.8, 4) is 0 Å². The van der Waals surface area contributed by atoms with Crippen molar-refractivity contribution in [2.75, 3.05) is 5.73 Å². The maximum Gasteiger partial charge on any atom is 0.140 e. The monoisotopic (exact) mass is 288 g/mol. The first-order valence-electron chi connectivity index (χ1n) is 5.91. The van der Waals surface area contributed by atoms with E-state index in [1.807, 2.05) is 12.1 Å². The van der Waals surface area contributed by atoms with Crippen LogP contribution in [-0.4, -0.2) is 4.98 Å². The molecule has 0 saturated carbocycles. The van der Waals surface area contributed by atoms with Crippen LogP contribution in [-0.2, 0) is 0 Å². The van der Waals surface area contributed by atoms with E-state index < -0.39 is 11.6 Å². The SMILES string of the molecule is Nc1c(Sc2ccc(F)cc2F)ccc2ncccc12. The van der Waals surface area contributed by atoms with E-state index in [0.717, 1.165) is 21.9 Å². The molecule has 0 aliphatic heterocycles. The number of hydrogen-bond donors (Lipinski definition) is 1. The number of pyridine rings is 1. The molecule has 0 unspecified atom stereocenters. The Labute approximate surface area is 118 Å². The summed E-state index contributed by atoms with van der Waals surface area (Å²) < 4.78 is 26.6. The summed E-state index contributed by atoms with van der Waals surface area (Å²) >= 11 is 1.17. The van der Waals surface area contributed by atoms with Gasteiger partial charge in [0.15, 0.2) is 0 Å². The minimum atomic E-state index is -0.597. The van der Waals surface area contributed by atoms with E-state index >= 15 is 0 Å². The Bertz CT molecular complexity index is 790. The largest absolute Gasteiger partial charge is 0.397 e. The summed E-state index contributed by atoms with van der Waals surface area (Å²) in [4.78, 5) is 5.26. The van der Waals surface area contributed by atoms with Gasteiger partial charge in [-0.25, -0.2) is 8.78 Å². The Morgan fingerprint density at radius 2 is 1.80 bits per heavy atom. The Balaban J connectivity index is 2.04. The standard InChI is InChI=1S/C15H10F2N2S/c16-9-3-5-13(11(17)8-9)20-14-6-4-12-10(15(14)18)2-1-7-19-12/h1-8H,18H2. The minimum Gasteiger partial charge on any atom is -0.397 e. The van der Waals surface area contributed by atoms with Gasteiger partial charge >= 0.3 is 0 Å². The number of aromatic nitrogens is 1. The number of nitrogens with two attached hydrogens (primary N) is 1.